The molecule has 5 nitrogen and oxygen atoms in total. The molecule has 0 aromatic rings. The molecular weight excluding hydrogens is 222 g/mol. The maximum Gasteiger partial charge on any atom is 0.200 e. The number of rotatable bonds is 2. The molecule has 1 saturated heterocycles. The predicted octanol–water partition coefficient (Wildman–Crippen LogP) is -1.09. The van der Waals surface area contributed by atoms with Gasteiger partial charge in [-0.2, -0.15) is 0 Å². The van der Waals surface area contributed by atoms with Crippen LogP contribution >= 0.6 is 6.57 Å². The highest BCUT2D eigenvalue weighted by molar-refractivity contribution is 8.09. The lowest BCUT2D eigenvalue weighted by Gasteiger charge is -2.41. The Balaban J connectivity index is 2.73. The third kappa shape index (κ3) is 2.76. The molecule has 0 aliphatic carbocycles. The number of ether oxygens (including phenoxy) is 1. The maximum atomic E-state index is 10.0. The lowest BCUT2D eigenvalue weighted by Crippen LogP contribution is -2.47. The lowest BCUT2D eigenvalue weighted by molar-refractivity contribution is -0.146. The van der Waals surface area contributed by atoms with Crippen LogP contribution in [-0.2, 0) is 16.5 Å². The van der Waals surface area contributed by atoms with Crippen LogP contribution in [0.4, 0.5) is 0 Å². The molecule has 0 aromatic heterocycles. The first-order chi connectivity index (χ1) is 6.34. The molecule has 1 rings (SSSR count). The highest BCUT2D eigenvalue weighted by atomic mass is 32.5. The second kappa shape index (κ2) is 4.57. The lowest BCUT2D eigenvalue weighted by atomic mass is 9.99. The Morgan fingerprint density at radius 2 is 2.14 bits per heavy atom. The number of aliphatic hydroxyl groups excluding tert-OH is 1. The Morgan fingerprint density at radius 1 is 1.57 bits per heavy atom. The fourth-order valence-corrected chi connectivity index (χ4v) is 2.85. The van der Waals surface area contributed by atoms with E-state index < -0.39 is 18.9 Å². The summed E-state index contributed by atoms with van der Waals surface area (Å²) in [7, 11) is 8.94. The average molecular weight is 236 g/mol. The summed E-state index contributed by atoms with van der Waals surface area (Å²) in [4.78, 5) is 10.0. The molecule has 1 heterocycles. The Labute approximate surface area is 90.3 Å². The molecule has 1 aliphatic rings. The van der Waals surface area contributed by atoms with Gasteiger partial charge in [0.1, 0.15) is 7.85 Å². The van der Waals surface area contributed by atoms with Gasteiger partial charge in [-0.1, -0.05) is 0 Å². The molecule has 0 amide bonds. The van der Waals surface area contributed by atoms with Crippen molar-refractivity contribution in [1.82, 2.24) is 9.34 Å². The van der Waals surface area contributed by atoms with E-state index in [1.807, 2.05) is 0 Å². The minimum absolute atomic E-state index is 0.194. The average Bonchev–Trinajstić information content (AvgIpc) is 2.01. The highest BCUT2D eigenvalue weighted by Gasteiger charge is 2.33. The normalized spacial score (nSPS) is 34.4. The van der Waals surface area contributed by atoms with E-state index in [1.54, 1.807) is 23.4 Å². The van der Waals surface area contributed by atoms with Gasteiger partial charge >= 0.3 is 0 Å². The van der Waals surface area contributed by atoms with Crippen LogP contribution in [-0.4, -0.2) is 66.7 Å². The summed E-state index contributed by atoms with van der Waals surface area (Å²) in [6, 6.07) is -0.604. The van der Waals surface area contributed by atoms with Crippen LogP contribution in [0.5, 0.6) is 0 Å². The zero-order valence-electron chi connectivity index (χ0n) is 8.20. The van der Waals surface area contributed by atoms with E-state index in [4.69, 9.17) is 24.4 Å². The van der Waals surface area contributed by atoms with Gasteiger partial charge in [0.25, 0.3) is 0 Å². The van der Waals surface area contributed by atoms with Gasteiger partial charge in [-0.25, -0.2) is 9.34 Å². The molecule has 2 N–H and O–H groups in total. The van der Waals surface area contributed by atoms with Crippen molar-refractivity contribution in [2.24, 2.45) is 0 Å². The molecule has 2 radical (unpaired) electrons. The Morgan fingerprint density at radius 3 is 2.57 bits per heavy atom. The molecule has 1 aliphatic heterocycles. The topological polar surface area (TPSA) is 56.2 Å². The Bertz CT molecular complexity index is 245. The minimum Gasteiger partial charge on any atom is -0.367 e. The van der Waals surface area contributed by atoms with Crippen molar-refractivity contribution in [2.75, 3.05) is 27.2 Å². The van der Waals surface area contributed by atoms with E-state index in [9.17, 15) is 10.00 Å². The van der Waals surface area contributed by atoms with Gasteiger partial charge in [0, 0.05) is 12.5 Å². The molecule has 14 heavy (non-hydrogen) atoms. The van der Waals surface area contributed by atoms with Crippen molar-refractivity contribution in [3.05, 3.63) is 0 Å². The van der Waals surface area contributed by atoms with E-state index in [0.29, 0.717) is 6.54 Å². The van der Waals surface area contributed by atoms with Gasteiger partial charge in [-0.3, -0.25) is 0 Å². The summed E-state index contributed by atoms with van der Waals surface area (Å²) in [5.41, 5.74) is 0. The first-order valence-electron chi connectivity index (χ1n) is 4.19. The van der Waals surface area contributed by atoms with E-state index in [2.05, 4.69) is 0 Å². The van der Waals surface area contributed by atoms with Crippen molar-refractivity contribution in [2.45, 2.75) is 12.3 Å². The van der Waals surface area contributed by atoms with Gasteiger partial charge in [0.2, 0.25) is 0 Å². The number of aliphatic hydroxyl groups is 1. The van der Waals surface area contributed by atoms with Crippen LogP contribution in [0.25, 0.3) is 0 Å². The first kappa shape index (κ1) is 12.6. The standard InChI is InChI=1S/C6H14BN2O3PS/c1-8(2)13(11,14)9-3-5(7)12-6(10)4-9/h5-6,10H,3-4H2,1-2H3,(H,11,14). The largest absolute Gasteiger partial charge is 0.367 e. The molecule has 0 aromatic carbocycles. The van der Waals surface area contributed by atoms with Gasteiger partial charge in [0.05, 0.1) is 6.54 Å². The van der Waals surface area contributed by atoms with Crippen LogP contribution in [0.15, 0.2) is 0 Å². The smallest absolute Gasteiger partial charge is 0.200 e. The van der Waals surface area contributed by atoms with E-state index in [-0.39, 0.29) is 6.54 Å². The molecule has 8 heteroatoms. The highest BCUT2D eigenvalue weighted by Crippen LogP contribution is 2.48. The molecule has 0 spiro atoms. The van der Waals surface area contributed by atoms with Crippen molar-refractivity contribution in [1.29, 1.82) is 0 Å². The maximum absolute atomic E-state index is 10.0. The zero-order chi connectivity index (χ0) is 10.9. The third-order valence-corrected chi connectivity index (χ3v) is 5.76. The van der Waals surface area contributed by atoms with Crippen molar-refractivity contribution < 1.29 is 14.7 Å². The van der Waals surface area contributed by atoms with Gasteiger partial charge < -0.3 is 14.7 Å². The summed E-state index contributed by atoms with van der Waals surface area (Å²) >= 11 is 5.09. The number of nitrogens with zero attached hydrogens (tertiary/aromatic N) is 2. The fraction of sp³-hybridized carbons (Fsp3) is 1.00. The van der Waals surface area contributed by atoms with Crippen molar-refractivity contribution >= 4 is 26.2 Å². The first-order valence-corrected chi connectivity index (χ1v) is 6.85. The van der Waals surface area contributed by atoms with E-state index in [0.717, 1.165) is 0 Å². The summed E-state index contributed by atoms with van der Waals surface area (Å²) < 4.78 is 8.10. The van der Waals surface area contributed by atoms with Gasteiger partial charge in [-0.15, -0.1) is 0 Å². The van der Waals surface area contributed by atoms with Crippen LogP contribution < -0.4 is 0 Å². The van der Waals surface area contributed by atoms with Gasteiger partial charge in [0.15, 0.2) is 12.9 Å². The van der Waals surface area contributed by atoms with Crippen molar-refractivity contribution in [3.63, 3.8) is 0 Å². The SMILES string of the molecule is [B]C1CN(P(O)(=S)N(C)C)CC(O)O1. The van der Waals surface area contributed by atoms with Gasteiger partial charge in [-0.05, 0) is 25.9 Å². The number of hydrogen-bond donors (Lipinski definition) is 2. The Kier molecular flexibility index (Phi) is 4.11. The Hall–Kier alpha value is 0.515. The minimum atomic E-state index is -2.73. The summed E-state index contributed by atoms with van der Waals surface area (Å²) in [5, 5.41) is 9.29. The second-order valence-corrected chi connectivity index (χ2v) is 7.22. The zero-order valence-corrected chi connectivity index (χ0v) is 9.91. The number of hydrogen-bond acceptors (Lipinski definition) is 3. The molecule has 0 saturated carbocycles. The van der Waals surface area contributed by atoms with E-state index >= 15 is 0 Å². The third-order valence-electron chi connectivity index (χ3n) is 1.98. The summed E-state index contributed by atoms with van der Waals surface area (Å²) in [6.07, 6.45) is -0.979. The molecule has 0 bridgehead atoms. The van der Waals surface area contributed by atoms with Crippen LogP contribution in [0.3, 0.4) is 0 Å². The molecule has 3 atom stereocenters. The molecule has 3 unspecified atom stereocenters. The summed E-state index contributed by atoms with van der Waals surface area (Å²) in [6.45, 7) is -2.20. The monoisotopic (exact) mass is 236 g/mol. The molecular formula is C6H14BN2O3PS. The number of β-amino-alcohol motifs (C(OH)–C–C–N with tert-alkyl or cyclic N) is 1. The molecule has 80 valence electrons. The van der Waals surface area contributed by atoms with Crippen LogP contribution in [0.1, 0.15) is 0 Å². The predicted molar refractivity (Wildman–Crippen MR) is 58.4 cm³/mol. The van der Waals surface area contributed by atoms with Crippen LogP contribution in [0.2, 0.25) is 0 Å². The van der Waals surface area contributed by atoms with Crippen LogP contribution in [0, 0.1) is 0 Å². The molecule has 1 fully saturated rings. The fourth-order valence-electron chi connectivity index (χ4n) is 1.22. The van der Waals surface area contributed by atoms with E-state index in [1.165, 1.54) is 0 Å². The quantitative estimate of drug-likeness (QED) is 0.469. The summed E-state index contributed by atoms with van der Waals surface area (Å²) in [5.74, 6) is 0. The van der Waals surface area contributed by atoms with Crippen molar-refractivity contribution in [3.8, 4) is 0 Å². The second-order valence-electron chi connectivity index (χ2n) is 3.36. The number of morpholine rings is 1.